The van der Waals surface area contributed by atoms with Crippen molar-refractivity contribution in [3.8, 4) is 5.75 Å². The second-order valence-corrected chi connectivity index (χ2v) is 14.7. The molecule has 0 saturated carbocycles. The van der Waals surface area contributed by atoms with Crippen molar-refractivity contribution in [1.82, 2.24) is 30.8 Å². The summed E-state index contributed by atoms with van der Waals surface area (Å²) in [4.78, 5) is 64.1. The molecule has 5 rings (SSSR count). The van der Waals surface area contributed by atoms with Gasteiger partial charge in [0.15, 0.2) is 5.82 Å². The van der Waals surface area contributed by atoms with E-state index in [2.05, 4.69) is 31.2 Å². The van der Waals surface area contributed by atoms with Crippen LogP contribution in [-0.2, 0) is 33.8 Å². The maximum Gasteiger partial charge on any atom is 0.318 e. The minimum Gasteiger partial charge on any atom is -0.488 e. The average Bonchev–Trinajstić information content (AvgIpc) is 3.16. The van der Waals surface area contributed by atoms with E-state index in [1.165, 1.54) is 18.6 Å². The highest BCUT2D eigenvalue weighted by atomic mass is 35.5. The molecule has 1 fully saturated rings. The van der Waals surface area contributed by atoms with Gasteiger partial charge in [-0.2, -0.15) is 0 Å². The van der Waals surface area contributed by atoms with E-state index in [-0.39, 0.29) is 36.3 Å². The van der Waals surface area contributed by atoms with Crippen molar-refractivity contribution in [2.45, 2.75) is 77.1 Å². The molecule has 0 spiro atoms. The molecule has 0 radical (unpaired) electrons. The number of urea groups is 1. The van der Waals surface area contributed by atoms with Crippen molar-refractivity contribution in [1.29, 1.82) is 0 Å². The number of hydrogen-bond acceptors (Lipinski definition) is 7. The first kappa shape index (κ1) is 39.7. The van der Waals surface area contributed by atoms with Gasteiger partial charge < -0.3 is 30.9 Å². The van der Waals surface area contributed by atoms with E-state index in [1.54, 1.807) is 11.0 Å². The number of likely N-dealkylation sites (tertiary alicyclic amines) is 1. The number of halogens is 1. The molecule has 2 atom stereocenters. The fourth-order valence-corrected chi connectivity index (χ4v) is 6.32. The smallest absolute Gasteiger partial charge is 0.318 e. The Bertz CT molecular complexity index is 1850. The lowest BCUT2D eigenvalue weighted by atomic mass is 9.96. The van der Waals surface area contributed by atoms with E-state index in [9.17, 15) is 19.2 Å². The van der Waals surface area contributed by atoms with Gasteiger partial charge in [-0.25, -0.2) is 9.78 Å². The third-order valence-electron chi connectivity index (χ3n) is 8.98. The summed E-state index contributed by atoms with van der Waals surface area (Å²) in [6, 6.07) is 22.0. The molecule has 13 heteroatoms. The van der Waals surface area contributed by atoms with Gasteiger partial charge in [-0.3, -0.25) is 19.4 Å². The fourth-order valence-electron chi connectivity index (χ4n) is 6.11. The first-order valence-electron chi connectivity index (χ1n) is 18.2. The number of nitrogens with zero attached hydrogens (tertiary/aromatic N) is 3. The SMILES string of the molecule is CC(C)(C)Oc1ccc(C[C@H](NC(=O)N2CCC(C(=O)Nc3cnccn3)CC2)C(=O)N[C@@H](CCc2ccccc2)C(=O)NCc2ccccc2Cl)cc1. The molecule has 2 heterocycles. The second-order valence-electron chi connectivity index (χ2n) is 14.3. The molecule has 5 amide bonds. The molecule has 284 valence electrons. The van der Waals surface area contributed by atoms with Gasteiger partial charge in [0.1, 0.15) is 23.4 Å². The van der Waals surface area contributed by atoms with Gasteiger partial charge in [-0.1, -0.05) is 72.3 Å². The lowest BCUT2D eigenvalue weighted by Gasteiger charge is -2.32. The molecule has 0 unspecified atom stereocenters. The Morgan fingerprint density at radius 3 is 2.22 bits per heavy atom. The molecular formula is C41H48ClN7O5. The molecule has 54 heavy (non-hydrogen) atoms. The lowest BCUT2D eigenvalue weighted by Crippen LogP contribution is -2.57. The van der Waals surface area contributed by atoms with Crippen LogP contribution in [0.2, 0.25) is 5.02 Å². The zero-order valence-corrected chi connectivity index (χ0v) is 31.6. The molecule has 1 aromatic heterocycles. The van der Waals surface area contributed by atoms with Crippen LogP contribution in [0.5, 0.6) is 5.75 Å². The van der Waals surface area contributed by atoms with Crippen LogP contribution in [0.3, 0.4) is 0 Å². The maximum absolute atomic E-state index is 14.2. The number of ether oxygens (including phenoxy) is 1. The molecule has 0 bridgehead atoms. The van der Waals surface area contributed by atoms with Crippen LogP contribution in [0.4, 0.5) is 10.6 Å². The number of carbonyl (C=O) groups excluding carboxylic acids is 4. The zero-order chi connectivity index (χ0) is 38.5. The Morgan fingerprint density at radius 1 is 0.852 bits per heavy atom. The van der Waals surface area contributed by atoms with Crippen LogP contribution in [0.25, 0.3) is 0 Å². The van der Waals surface area contributed by atoms with Crippen molar-refractivity contribution >= 4 is 41.2 Å². The molecule has 0 aliphatic carbocycles. The number of piperidine rings is 1. The Kier molecular flexibility index (Phi) is 14.0. The summed E-state index contributed by atoms with van der Waals surface area (Å²) in [5.74, 6) is -0.301. The molecule has 4 aromatic rings. The summed E-state index contributed by atoms with van der Waals surface area (Å²) < 4.78 is 5.97. The van der Waals surface area contributed by atoms with Gasteiger partial charge in [-0.15, -0.1) is 0 Å². The summed E-state index contributed by atoms with van der Waals surface area (Å²) in [6.45, 7) is 6.71. The number of aryl methyl sites for hydroxylation is 1. The number of hydrogen-bond donors (Lipinski definition) is 4. The molecule has 1 aliphatic heterocycles. The molecule has 4 N–H and O–H groups in total. The molecular weight excluding hydrogens is 706 g/mol. The number of nitrogens with one attached hydrogen (secondary N) is 4. The first-order valence-corrected chi connectivity index (χ1v) is 18.6. The Balaban J connectivity index is 1.29. The van der Waals surface area contributed by atoms with Crippen molar-refractivity contribution < 1.29 is 23.9 Å². The number of anilines is 1. The second kappa shape index (κ2) is 19.0. The Labute approximate surface area is 321 Å². The minimum atomic E-state index is -1.01. The number of carbonyl (C=O) groups is 4. The third-order valence-corrected chi connectivity index (χ3v) is 9.35. The number of aromatic nitrogens is 2. The van der Waals surface area contributed by atoms with Gasteiger partial charge in [0.05, 0.1) is 6.20 Å². The van der Waals surface area contributed by atoms with Crippen molar-refractivity contribution in [2.24, 2.45) is 5.92 Å². The molecule has 3 aromatic carbocycles. The number of benzene rings is 3. The highest BCUT2D eigenvalue weighted by Gasteiger charge is 2.32. The van der Waals surface area contributed by atoms with Crippen LogP contribution in [0.1, 0.15) is 56.7 Å². The van der Waals surface area contributed by atoms with E-state index in [4.69, 9.17) is 16.3 Å². The molecule has 1 saturated heterocycles. The average molecular weight is 754 g/mol. The Morgan fingerprint density at radius 2 is 1.56 bits per heavy atom. The van der Waals surface area contributed by atoms with Crippen LogP contribution < -0.4 is 26.0 Å². The van der Waals surface area contributed by atoms with Crippen LogP contribution in [-0.4, -0.2) is 69.4 Å². The van der Waals surface area contributed by atoms with Gasteiger partial charge in [0.2, 0.25) is 17.7 Å². The normalized spacial score (nSPS) is 14.3. The summed E-state index contributed by atoms with van der Waals surface area (Å²) in [6.07, 6.45) is 6.42. The number of rotatable bonds is 14. The van der Waals surface area contributed by atoms with Gasteiger partial charge in [-0.05, 0) is 81.3 Å². The van der Waals surface area contributed by atoms with Crippen LogP contribution >= 0.6 is 11.6 Å². The summed E-state index contributed by atoms with van der Waals surface area (Å²) in [5.41, 5.74) is 2.18. The quantitative estimate of drug-likeness (QED) is 0.129. The number of amides is 5. The Hall–Kier alpha value is -5.49. The highest BCUT2D eigenvalue weighted by Crippen LogP contribution is 2.21. The van der Waals surface area contributed by atoms with Crippen LogP contribution in [0.15, 0.2) is 97.5 Å². The predicted molar refractivity (Wildman–Crippen MR) is 208 cm³/mol. The third kappa shape index (κ3) is 12.3. The van der Waals surface area contributed by atoms with E-state index in [0.29, 0.717) is 55.4 Å². The van der Waals surface area contributed by atoms with Gasteiger partial charge >= 0.3 is 6.03 Å². The van der Waals surface area contributed by atoms with Gasteiger partial charge in [0.25, 0.3) is 0 Å². The van der Waals surface area contributed by atoms with Crippen molar-refractivity contribution in [2.75, 3.05) is 18.4 Å². The van der Waals surface area contributed by atoms with E-state index < -0.39 is 24.0 Å². The summed E-state index contributed by atoms with van der Waals surface area (Å²) in [7, 11) is 0. The standard InChI is InChI=1S/C41H48ClN7O5/c1-41(2,3)54-32-16-13-29(14-17-32)25-35(47-40(53)49-23-19-30(20-24-49)37(50)48-36-27-43-21-22-44-36)39(52)46-34(18-15-28-9-5-4-6-10-28)38(51)45-26-31-11-7-8-12-33(31)42/h4-14,16-17,21-22,27,30,34-35H,15,18-20,23-26H2,1-3H3,(H,45,51)(H,46,52)(H,47,53)(H,44,48,50)/t34-,35-/m0/s1. The maximum atomic E-state index is 14.2. The summed E-state index contributed by atoms with van der Waals surface area (Å²) in [5, 5.41) is 12.1. The fraction of sp³-hybridized carbons (Fsp3) is 0.366. The minimum absolute atomic E-state index is 0.164. The predicted octanol–water partition coefficient (Wildman–Crippen LogP) is 5.71. The highest BCUT2D eigenvalue weighted by molar-refractivity contribution is 6.31. The first-order chi connectivity index (χ1) is 25.9. The van der Waals surface area contributed by atoms with Crippen LogP contribution in [0, 0.1) is 5.92 Å². The van der Waals surface area contributed by atoms with E-state index in [1.807, 2.05) is 93.6 Å². The lowest BCUT2D eigenvalue weighted by molar-refractivity contribution is -0.130. The van der Waals surface area contributed by atoms with E-state index >= 15 is 0 Å². The largest absolute Gasteiger partial charge is 0.488 e. The molecule has 12 nitrogen and oxygen atoms in total. The van der Waals surface area contributed by atoms with Gasteiger partial charge in [0, 0.05) is 49.4 Å². The topological polar surface area (TPSA) is 155 Å². The monoisotopic (exact) mass is 753 g/mol. The van der Waals surface area contributed by atoms with E-state index in [0.717, 1.165) is 16.7 Å². The van der Waals surface area contributed by atoms with Crippen molar-refractivity contribution in [3.05, 3.63) is 119 Å². The summed E-state index contributed by atoms with van der Waals surface area (Å²) >= 11 is 6.34. The zero-order valence-electron chi connectivity index (χ0n) is 30.9. The van der Waals surface area contributed by atoms with Crippen molar-refractivity contribution in [3.63, 3.8) is 0 Å². The molecule has 1 aliphatic rings.